The molecule has 0 N–H and O–H groups in total. The molecule has 0 bridgehead atoms. The van der Waals surface area contributed by atoms with E-state index in [1.54, 1.807) is 0 Å². The van der Waals surface area contributed by atoms with Crippen LogP contribution in [0, 0.1) is 20.8 Å². The first-order valence-electron chi connectivity index (χ1n) is 20.1. The number of fused-ring (bicyclic) bond motifs is 3. The van der Waals surface area contributed by atoms with Crippen LogP contribution in [0.2, 0.25) is 0 Å². The highest BCUT2D eigenvalue weighted by molar-refractivity contribution is 6.09. The zero-order valence-corrected chi connectivity index (χ0v) is 35.1. The maximum absolute atomic E-state index is 6.83. The van der Waals surface area contributed by atoms with Gasteiger partial charge in [-0.25, -0.2) is 9.67 Å². The number of aryl methyl sites for hydroxylation is 3. The second-order valence-corrected chi connectivity index (χ2v) is 17.9. The van der Waals surface area contributed by atoms with Gasteiger partial charge in [-0.2, -0.15) is 5.10 Å². The van der Waals surface area contributed by atoms with Crippen LogP contribution < -0.4 is 4.74 Å². The fourth-order valence-corrected chi connectivity index (χ4v) is 8.13. The monoisotopic (exact) mass is 730 g/mol. The third kappa shape index (κ3) is 7.34. The molecule has 0 radical (unpaired) electrons. The smallest absolute Gasteiger partial charge is 0.137 e. The van der Waals surface area contributed by atoms with Gasteiger partial charge >= 0.3 is 0 Å². The Morgan fingerprint density at radius 1 is 0.709 bits per heavy atom. The molecule has 0 atom stereocenters. The van der Waals surface area contributed by atoms with Crippen LogP contribution in [0.5, 0.6) is 11.5 Å². The average molecular weight is 731 g/mol. The number of aromatic nitrogens is 4. The zero-order chi connectivity index (χ0) is 39.4. The summed E-state index contributed by atoms with van der Waals surface area (Å²) in [6.07, 6.45) is 5.31. The Hall–Kier alpha value is -5.16. The van der Waals surface area contributed by atoms with E-state index in [9.17, 15) is 0 Å². The van der Waals surface area contributed by atoms with Gasteiger partial charge in [-0.15, -0.1) is 0 Å². The molecule has 3 heterocycles. The van der Waals surface area contributed by atoms with Crippen molar-refractivity contribution in [3.8, 4) is 34.1 Å². The lowest BCUT2D eigenvalue weighted by Gasteiger charge is -2.31. The molecule has 3 aromatic heterocycles. The molecule has 55 heavy (non-hydrogen) atoms. The van der Waals surface area contributed by atoms with Gasteiger partial charge in [0.25, 0.3) is 0 Å². The molecule has 0 unspecified atom stereocenters. The maximum atomic E-state index is 6.83. The molecule has 0 fully saturated rings. The highest BCUT2D eigenvalue weighted by atomic mass is 16.5. The van der Waals surface area contributed by atoms with Crippen molar-refractivity contribution in [2.24, 2.45) is 0 Å². The number of hydrogen-bond acceptors (Lipinski definition) is 3. The van der Waals surface area contributed by atoms with E-state index < -0.39 is 0 Å². The Bertz CT molecular complexity index is 2500. The van der Waals surface area contributed by atoms with Gasteiger partial charge in [0.2, 0.25) is 0 Å². The van der Waals surface area contributed by atoms with Crippen molar-refractivity contribution < 1.29 is 4.74 Å². The molecule has 0 amide bonds. The SMILES string of the molecule is CCCCc1ccnc(-n2c3ccccc3c3ccc(Oc4cc(C(C)C)cc(-n5nc(C)c(-c6c(C(C)(C)C)cc(C)cc6C(C)(C)C)c5C)c4)cc32)c1. The Balaban J connectivity index is 1.35. The lowest BCUT2D eigenvalue weighted by atomic mass is 9.73. The molecule has 5 nitrogen and oxygen atoms in total. The van der Waals surface area contributed by atoms with Gasteiger partial charge in [0.15, 0.2) is 0 Å². The molecule has 0 saturated heterocycles. The van der Waals surface area contributed by atoms with E-state index in [-0.39, 0.29) is 10.8 Å². The molecule has 0 aliphatic rings. The standard InChI is InChI=1S/C50H58N4O/c1-13-14-17-35-22-23-51-46(26-35)53-44-19-16-15-18-40(44)41-21-20-38(30-45(41)53)55-39-28-36(31(2)3)27-37(29-39)54-34(6)47(33(5)52-54)48-42(49(7,8)9)24-32(4)25-43(48)50(10,11)12/h15-16,18-31H,13-14,17H2,1-12H3. The Morgan fingerprint density at radius 3 is 2.07 bits per heavy atom. The Labute approximate surface area is 328 Å². The number of unbranched alkanes of at least 4 members (excludes halogenated alkanes) is 1. The summed E-state index contributed by atoms with van der Waals surface area (Å²) in [4.78, 5) is 4.87. The summed E-state index contributed by atoms with van der Waals surface area (Å²) in [6.45, 7) is 27.2. The van der Waals surface area contributed by atoms with Crippen molar-refractivity contribution in [3.63, 3.8) is 0 Å². The minimum Gasteiger partial charge on any atom is -0.457 e. The minimum atomic E-state index is -0.0401. The van der Waals surface area contributed by atoms with E-state index in [1.807, 2.05) is 6.20 Å². The van der Waals surface area contributed by atoms with E-state index in [0.717, 1.165) is 64.7 Å². The van der Waals surface area contributed by atoms with E-state index in [4.69, 9.17) is 14.8 Å². The number of nitrogens with zero attached hydrogens (tertiary/aromatic N) is 4. The molecular weight excluding hydrogens is 673 g/mol. The fraction of sp³-hybridized carbons (Fsp3) is 0.360. The van der Waals surface area contributed by atoms with Crippen molar-refractivity contribution in [3.05, 3.63) is 130 Å². The number of rotatable bonds is 9. The first-order chi connectivity index (χ1) is 26.0. The van der Waals surface area contributed by atoms with Crippen LogP contribution >= 0.6 is 0 Å². The summed E-state index contributed by atoms with van der Waals surface area (Å²) >= 11 is 0. The van der Waals surface area contributed by atoms with Crippen molar-refractivity contribution >= 4 is 21.8 Å². The molecule has 284 valence electrons. The lowest BCUT2D eigenvalue weighted by Crippen LogP contribution is -2.20. The van der Waals surface area contributed by atoms with Crippen LogP contribution in [0.4, 0.5) is 0 Å². The molecule has 0 spiro atoms. The molecular formula is C50H58N4O. The number of para-hydroxylation sites is 1. The van der Waals surface area contributed by atoms with Crippen molar-refractivity contribution in [2.75, 3.05) is 0 Å². The molecule has 5 heteroatoms. The van der Waals surface area contributed by atoms with Crippen LogP contribution in [0.1, 0.15) is 120 Å². The van der Waals surface area contributed by atoms with Gasteiger partial charge in [-0.3, -0.25) is 4.57 Å². The van der Waals surface area contributed by atoms with Crippen LogP contribution in [0.3, 0.4) is 0 Å². The highest BCUT2D eigenvalue weighted by Gasteiger charge is 2.30. The normalized spacial score (nSPS) is 12.4. The third-order valence-corrected chi connectivity index (χ3v) is 11.0. The second-order valence-electron chi connectivity index (χ2n) is 17.9. The van der Waals surface area contributed by atoms with Gasteiger partial charge in [0.05, 0.1) is 22.4 Å². The summed E-state index contributed by atoms with van der Waals surface area (Å²) in [5.74, 6) is 2.80. The van der Waals surface area contributed by atoms with Crippen molar-refractivity contribution in [1.29, 1.82) is 0 Å². The zero-order valence-electron chi connectivity index (χ0n) is 35.1. The molecule has 7 rings (SSSR count). The van der Waals surface area contributed by atoms with Gasteiger partial charge in [-0.05, 0) is 121 Å². The van der Waals surface area contributed by atoms with Crippen LogP contribution in [0.25, 0.3) is 44.4 Å². The van der Waals surface area contributed by atoms with E-state index in [1.165, 1.54) is 49.7 Å². The molecule has 0 aliphatic heterocycles. The predicted molar refractivity (Wildman–Crippen MR) is 232 cm³/mol. The van der Waals surface area contributed by atoms with Crippen LogP contribution in [0.15, 0.2) is 91.1 Å². The number of benzene rings is 4. The molecule has 0 aliphatic carbocycles. The van der Waals surface area contributed by atoms with Crippen molar-refractivity contribution in [2.45, 2.75) is 119 Å². The molecule has 7 aromatic rings. The second kappa shape index (κ2) is 14.5. The molecule has 0 saturated carbocycles. The first-order valence-corrected chi connectivity index (χ1v) is 20.1. The van der Waals surface area contributed by atoms with Gasteiger partial charge in [-0.1, -0.05) is 105 Å². The third-order valence-electron chi connectivity index (χ3n) is 11.0. The Morgan fingerprint density at radius 2 is 1.40 bits per heavy atom. The van der Waals surface area contributed by atoms with Gasteiger partial charge in [0.1, 0.15) is 17.3 Å². The summed E-state index contributed by atoms with van der Waals surface area (Å²) < 4.78 is 11.2. The lowest BCUT2D eigenvalue weighted by molar-refractivity contribution is 0.481. The van der Waals surface area contributed by atoms with Crippen LogP contribution in [-0.2, 0) is 17.3 Å². The van der Waals surface area contributed by atoms with Crippen LogP contribution in [-0.4, -0.2) is 19.3 Å². The predicted octanol–water partition coefficient (Wildman–Crippen LogP) is 13.8. The van der Waals surface area contributed by atoms with E-state index >= 15 is 0 Å². The fourth-order valence-electron chi connectivity index (χ4n) is 8.13. The van der Waals surface area contributed by atoms with E-state index in [2.05, 4.69) is 177 Å². The number of pyridine rings is 1. The van der Waals surface area contributed by atoms with Gasteiger partial charge in [0, 0.05) is 40.4 Å². The topological polar surface area (TPSA) is 44.9 Å². The minimum absolute atomic E-state index is 0.0401. The average Bonchev–Trinajstić information content (AvgIpc) is 3.62. The largest absolute Gasteiger partial charge is 0.457 e. The maximum Gasteiger partial charge on any atom is 0.137 e. The van der Waals surface area contributed by atoms with Gasteiger partial charge < -0.3 is 4.74 Å². The summed E-state index contributed by atoms with van der Waals surface area (Å²) in [6, 6.07) is 30.7. The van der Waals surface area contributed by atoms with Crippen molar-refractivity contribution in [1.82, 2.24) is 19.3 Å². The summed E-state index contributed by atoms with van der Waals surface area (Å²) in [5.41, 5.74) is 14.3. The Kier molecular flexibility index (Phi) is 10.0. The quantitative estimate of drug-likeness (QED) is 0.149. The highest BCUT2D eigenvalue weighted by Crippen LogP contribution is 2.44. The molecule has 4 aromatic carbocycles. The number of hydrogen-bond donors (Lipinski definition) is 0. The summed E-state index contributed by atoms with van der Waals surface area (Å²) in [5, 5.41) is 7.64. The first kappa shape index (κ1) is 38.1. The van der Waals surface area contributed by atoms with E-state index in [0.29, 0.717) is 5.92 Å². The summed E-state index contributed by atoms with van der Waals surface area (Å²) in [7, 11) is 0. The number of ether oxygens (including phenoxy) is 1.